The van der Waals surface area contributed by atoms with Gasteiger partial charge in [-0.05, 0) is 31.4 Å². The minimum Gasteiger partial charge on any atom is -0.324 e. The summed E-state index contributed by atoms with van der Waals surface area (Å²) in [4.78, 5) is 12.0. The average Bonchev–Trinajstić information content (AvgIpc) is 2.50. The fourth-order valence-corrected chi connectivity index (χ4v) is 2.62. The maximum absolute atomic E-state index is 12.0. The van der Waals surface area contributed by atoms with Gasteiger partial charge in [0.2, 0.25) is 0 Å². The summed E-state index contributed by atoms with van der Waals surface area (Å²) in [6.07, 6.45) is 0. The van der Waals surface area contributed by atoms with Crippen LogP contribution in [0.25, 0.3) is 0 Å². The fraction of sp³-hybridized carbons (Fsp3) is 0.615. The van der Waals surface area contributed by atoms with E-state index >= 15 is 0 Å². The molecule has 0 saturated carbocycles. The Bertz CT molecular complexity index is 474. The summed E-state index contributed by atoms with van der Waals surface area (Å²) in [5.74, 6) is 0.946. The first-order valence-electron chi connectivity index (χ1n) is 5.93. The molecule has 0 aliphatic carbocycles. The number of pyridine rings is 1. The Morgan fingerprint density at radius 2 is 2.12 bits per heavy atom. The highest BCUT2D eigenvalue weighted by Gasteiger charge is 2.30. The fourth-order valence-electron chi connectivity index (χ4n) is 2.62. The highest BCUT2D eigenvalue weighted by atomic mass is 16.1. The Balaban J connectivity index is 2.73. The summed E-state index contributed by atoms with van der Waals surface area (Å²) in [7, 11) is 0. The summed E-state index contributed by atoms with van der Waals surface area (Å²) in [6.45, 7) is 9.06. The van der Waals surface area contributed by atoms with E-state index in [1.807, 2.05) is 24.5 Å². The van der Waals surface area contributed by atoms with Gasteiger partial charge in [0, 0.05) is 29.8 Å². The smallest absolute Gasteiger partial charge is 0.253 e. The molecule has 3 unspecified atom stereocenters. The normalized spacial score (nSPS) is 25.6. The van der Waals surface area contributed by atoms with E-state index < -0.39 is 0 Å². The number of fused-ring (bicyclic) bond motifs is 1. The molecule has 2 heterocycles. The Morgan fingerprint density at radius 1 is 1.50 bits per heavy atom. The van der Waals surface area contributed by atoms with E-state index in [1.165, 1.54) is 0 Å². The van der Waals surface area contributed by atoms with E-state index in [9.17, 15) is 4.79 Å². The van der Waals surface area contributed by atoms with Gasteiger partial charge < -0.3 is 10.3 Å². The van der Waals surface area contributed by atoms with Crippen LogP contribution in [0, 0.1) is 12.8 Å². The predicted octanol–water partition coefficient (Wildman–Crippen LogP) is 1.93. The van der Waals surface area contributed by atoms with E-state index in [-0.39, 0.29) is 11.6 Å². The van der Waals surface area contributed by atoms with Crippen LogP contribution < -0.4 is 11.3 Å². The molecule has 3 heteroatoms. The van der Waals surface area contributed by atoms with E-state index in [0.717, 1.165) is 23.4 Å². The van der Waals surface area contributed by atoms with Gasteiger partial charge in [0.25, 0.3) is 5.56 Å². The third kappa shape index (κ3) is 1.50. The number of aryl methyl sites for hydroxylation is 1. The molecule has 2 rings (SSSR count). The van der Waals surface area contributed by atoms with Gasteiger partial charge in [-0.15, -0.1) is 0 Å². The van der Waals surface area contributed by atoms with Crippen LogP contribution in [0.3, 0.4) is 0 Å². The first kappa shape index (κ1) is 11.4. The van der Waals surface area contributed by atoms with E-state index in [1.54, 1.807) is 0 Å². The van der Waals surface area contributed by atoms with Gasteiger partial charge in [-0.25, -0.2) is 0 Å². The zero-order valence-corrected chi connectivity index (χ0v) is 10.4. The van der Waals surface area contributed by atoms with Crippen LogP contribution in [0.15, 0.2) is 10.9 Å². The molecule has 0 radical (unpaired) electrons. The molecule has 1 aliphatic heterocycles. The summed E-state index contributed by atoms with van der Waals surface area (Å²) in [5, 5.41) is 0. The molecule has 1 aromatic rings. The molecular weight excluding hydrogens is 200 g/mol. The number of hydrogen-bond donors (Lipinski definition) is 1. The van der Waals surface area contributed by atoms with Crippen LogP contribution in [0.5, 0.6) is 0 Å². The lowest BCUT2D eigenvalue weighted by molar-refractivity contribution is 0.498. The molecule has 0 bridgehead atoms. The molecule has 88 valence electrons. The number of nitrogens with two attached hydrogens (primary N) is 1. The van der Waals surface area contributed by atoms with Crippen molar-refractivity contribution in [2.45, 2.75) is 46.2 Å². The topological polar surface area (TPSA) is 48.0 Å². The van der Waals surface area contributed by atoms with Crippen molar-refractivity contribution in [3.05, 3.63) is 33.2 Å². The SMILES string of the molecule is Cc1cc(C(C)N)c2n(c1=O)CC(C)C2C. The van der Waals surface area contributed by atoms with Crippen LogP contribution in [0.2, 0.25) is 0 Å². The molecule has 0 fully saturated rings. The second-order valence-corrected chi connectivity index (χ2v) is 5.14. The van der Waals surface area contributed by atoms with Crippen molar-refractivity contribution in [1.29, 1.82) is 0 Å². The molecule has 16 heavy (non-hydrogen) atoms. The minimum atomic E-state index is -0.00620. The summed E-state index contributed by atoms with van der Waals surface area (Å²) in [6, 6.07) is 1.96. The molecule has 0 spiro atoms. The number of hydrogen-bond acceptors (Lipinski definition) is 2. The van der Waals surface area contributed by atoms with Crippen LogP contribution in [0.4, 0.5) is 0 Å². The van der Waals surface area contributed by atoms with Crippen molar-refractivity contribution in [1.82, 2.24) is 4.57 Å². The molecule has 3 atom stereocenters. The van der Waals surface area contributed by atoms with Crippen molar-refractivity contribution in [2.75, 3.05) is 0 Å². The van der Waals surface area contributed by atoms with Crippen LogP contribution in [-0.2, 0) is 6.54 Å². The molecule has 2 N–H and O–H groups in total. The van der Waals surface area contributed by atoms with Crippen molar-refractivity contribution >= 4 is 0 Å². The summed E-state index contributed by atoms with van der Waals surface area (Å²) in [5.41, 5.74) is 9.23. The molecule has 0 saturated heterocycles. The third-order valence-corrected chi connectivity index (χ3v) is 3.79. The third-order valence-electron chi connectivity index (χ3n) is 3.79. The Kier molecular flexibility index (Phi) is 2.66. The maximum Gasteiger partial charge on any atom is 0.253 e. The number of rotatable bonds is 1. The molecule has 1 aromatic heterocycles. The molecule has 3 nitrogen and oxygen atoms in total. The van der Waals surface area contributed by atoms with Crippen LogP contribution in [0.1, 0.15) is 49.6 Å². The van der Waals surface area contributed by atoms with Gasteiger partial charge in [0.05, 0.1) is 0 Å². The number of nitrogens with zero attached hydrogens (tertiary/aromatic N) is 1. The Morgan fingerprint density at radius 3 is 2.69 bits per heavy atom. The van der Waals surface area contributed by atoms with Gasteiger partial charge >= 0.3 is 0 Å². The second kappa shape index (κ2) is 3.74. The van der Waals surface area contributed by atoms with Gasteiger partial charge in [0.15, 0.2) is 0 Å². The quantitative estimate of drug-likeness (QED) is 0.786. The summed E-state index contributed by atoms with van der Waals surface area (Å²) >= 11 is 0. The van der Waals surface area contributed by atoms with Crippen molar-refractivity contribution < 1.29 is 0 Å². The minimum absolute atomic E-state index is 0.00620. The predicted molar refractivity (Wildman–Crippen MR) is 65.6 cm³/mol. The van der Waals surface area contributed by atoms with E-state index in [0.29, 0.717) is 11.8 Å². The van der Waals surface area contributed by atoms with Crippen LogP contribution in [-0.4, -0.2) is 4.57 Å². The molecule has 0 aromatic carbocycles. The maximum atomic E-state index is 12.0. The lowest BCUT2D eigenvalue weighted by Crippen LogP contribution is -2.25. The van der Waals surface area contributed by atoms with E-state index in [4.69, 9.17) is 5.73 Å². The van der Waals surface area contributed by atoms with Crippen LogP contribution >= 0.6 is 0 Å². The standard InChI is InChI=1S/C13H20N2O/c1-7-5-11(10(4)14)12-9(3)8(2)6-15(12)13(7)16/h5,8-10H,6,14H2,1-4H3. The highest BCUT2D eigenvalue weighted by molar-refractivity contribution is 5.33. The zero-order valence-electron chi connectivity index (χ0n) is 10.4. The monoisotopic (exact) mass is 220 g/mol. The second-order valence-electron chi connectivity index (χ2n) is 5.14. The molecular formula is C13H20N2O. The average molecular weight is 220 g/mol. The summed E-state index contributed by atoms with van der Waals surface area (Å²) < 4.78 is 1.92. The van der Waals surface area contributed by atoms with Crippen molar-refractivity contribution in [2.24, 2.45) is 11.7 Å². The zero-order chi connectivity index (χ0) is 12.0. The lowest BCUT2D eigenvalue weighted by atomic mass is 9.92. The largest absolute Gasteiger partial charge is 0.324 e. The number of aromatic nitrogens is 1. The van der Waals surface area contributed by atoms with Gasteiger partial charge in [0.1, 0.15) is 0 Å². The Hall–Kier alpha value is -1.09. The first-order valence-corrected chi connectivity index (χ1v) is 5.93. The van der Waals surface area contributed by atoms with Crippen molar-refractivity contribution in [3.63, 3.8) is 0 Å². The highest BCUT2D eigenvalue weighted by Crippen LogP contribution is 2.35. The Labute approximate surface area is 96.3 Å². The molecule has 0 amide bonds. The van der Waals surface area contributed by atoms with Gasteiger partial charge in [-0.3, -0.25) is 4.79 Å². The van der Waals surface area contributed by atoms with Crippen molar-refractivity contribution in [3.8, 4) is 0 Å². The van der Waals surface area contributed by atoms with E-state index in [2.05, 4.69) is 13.8 Å². The lowest BCUT2D eigenvalue weighted by Gasteiger charge is -2.17. The van der Waals surface area contributed by atoms with Gasteiger partial charge in [-0.1, -0.05) is 13.8 Å². The molecule has 1 aliphatic rings. The van der Waals surface area contributed by atoms with Gasteiger partial charge in [-0.2, -0.15) is 0 Å². The first-order chi connectivity index (χ1) is 7.43.